The fraction of sp³-hybridized carbons (Fsp3) is 0.312. The molecule has 1 aromatic carbocycles. The molecule has 5 heteroatoms. The van der Waals surface area contributed by atoms with E-state index in [9.17, 15) is 10.1 Å². The zero-order chi connectivity index (χ0) is 15.8. The summed E-state index contributed by atoms with van der Waals surface area (Å²) in [6.45, 7) is 8.43. The molecule has 0 saturated heterocycles. The first-order chi connectivity index (χ1) is 10.0. The van der Waals surface area contributed by atoms with Crippen molar-refractivity contribution in [3.63, 3.8) is 0 Å². The molecule has 0 aliphatic carbocycles. The largest absolute Gasteiger partial charge is 0.490 e. The first kappa shape index (κ1) is 16.6. The van der Waals surface area contributed by atoms with E-state index in [0.29, 0.717) is 0 Å². The molecule has 0 saturated carbocycles. The predicted molar refractivity (Wildman–Crippen MR) is 86.2 cm³/mol. The number of rotatable bonds is 7. The van der Waals surface area contributed by atoms with Crippen molar-refractivity contribution >= 4 is 17.5 Å². The maximum Gasteiger partial charge on any atom is 0.311 e. The Morgan fingerprint density at radius 3 is 2.76 bits per heavy atom. The summed E-state index contributed by atoms with van der Waals surface area (Å²) in [6, 6.07) is 3.17. The van der Waals surface area contributed by atoms with Crippen LogP contribution in [0.25, 0.3) is 5.57 Å². The van der Waals surface area contributed by atoms with Gasteiger partial charge in [0.1, 0.15) is 0 Å². The Morgan fingerprint density at radius 2 is 2.24 bits per heavy atom. The van der Waals surface area contributed by atoms with Crippen LogP contribution in [0.1, 0.15) is 24.5 Å². The Balaban J connectivity index is 3.27. The van der Waals surface area contributed by atoms with Crippen LogP contribution in [0.2, 0.25) is 0 Å². The van der Waals surface area contributed by atoms with Gasteiger partial charge in [0.05, 0.1) is 12.0 Å². The zero-order valence-corrected chi connectivity index (χ0v) is 12.6. The third-order valence-corrected chi connectivity index (χ3v) is 2.97. The molecule has 0 N–H and O–H groups in total. The van der Waals surface area contributed by atoms with Crippen LogP contribution in [0.15, 0.2) is 35.9 Å². The standard InChI is InChI=1S/C16H20N2O3/c1-5-8-17-9-7-13(6-2)14-11-16(21-4)15(18(19)20)10-12(14)3/h6-7,9-11H,2,5,8H2,1,3-4H3/b13-7+,17-9?. The zero-order valence-electron chi connectivity index (χ0n) is 12.6. The van der Waals surface area contributed by atoms with Crippen molar-refractivity contribution in [1.82, 2.24) is 0 Å². The van der Waals surface area contributed by atoms with Crippen LogP contribution in [-0.2, 0) is 0 Å². The second-order valence-electron chi connectivity index (χ2n) is 4.48. The second-order valence-corrected chi connectivity index (χ2v) is 4.48. The van der Waals surface area contributed by atoms with E-state index in [1.165, 1.54) is 13.2 Å². The summed E-state index contributed by atoms with van der Waals surface area (Å²) >= 11 is 0. The third-order valence-electron chi connectivity index (χ3n) is 2.97. The predicted octanol–water partition coefficient (Wildman–Crippen LogP) is 3.96. The summed E-state index contributed by atoms with van der Waals surface area (Å²) in [5.74, 6) is 0.235. The molecule has 0 fully saturated rings. The summed E-state index contributed by atoms with van der Waals surface area (Å²) in [4.78, 5) is 14.8. The molecule has 5 nitrogen and oxygen atoms in total. The monoisotopic (exact) mass is 288 g/mol. The summed E-state index contributed by atoms with van der Waals surface area (Å²) in [5.41, 5.74) is 2.44. The van der Waals surface area contributed by atoms with Gasteiger partial charge in [0.15, 0.2) is 5.75 Å². The van der Waals surface area contributed by atoms with Gasteiger partial charge in [-0.25, -0.2) is 0 Å². The van der Waals surface area contributed by atoms with Gasteiger partial charge in [-0.15, -0.1) is 0 Å². The minimum Gasteiger partial charge on any atom is -0.490 e. The molecule has 0 spiro atoms. The highest BCUT2D eigenvalue weighted by atomic mass is 16.6. The van der Waals surface area contributed by atoms with Crippen LogP contribution in [-0.4, -0.2) is 24.8 Å². The Bertz CT molecular complexity index is 589. The molecular formula is C16H20N2O3. The lowest BCUT2D eigenvalue weighted by Gasteiger charge is -2.09. The number of ether oxygens (including phenoxy) is 1. The van der Waals surface area contributed by atoms with Crippen molar-refractivity contribution in [2.24, 2.45) is 4.99 Å². The number of hydrogen-bond donors (Lipinski definition) is 0. The number of allylic oxidation sites excluding steroid dienone is 3. The molecule has 0 bridgehead atoms. The summed E-state index contributed by atoms with van der Waals surface area (Å²) < 4.78 is 5.10. The molecule has 1 aromatic rings. The molecule has 112 valence electrons. The maximum absolute atomic E-state index is 11.0. The number of methoxy groups -OCH3 is 1. The van der Waals surface area contributed by atoms with Gasteiger partial charge in [0.25, 0.3) is 0 Å². The Labute approximate surface area is 124 Å². The first-order valence-corrected chi connectivity index (χ1v) is 6.71. The lowest BCUT2D eigenvalue weighted by Crippen LogP contribution is -1.97. The van der Waals surface area contributed by atoms with Gasteiger partial charge in [-0.1, -0.05) is 19.6 Å². The van der Waals surface area contributed by atoms with E-state index in [-0.39, 0.29) is 11.4 Å². The lowest BCUT2D eigenvalue weighted by atomic mass is 9.99. The van der Waals surface area contributed by atoms with E-state index < -0.39 is 4.92 Å². The Kier molecular flexibility index (Phi) is 6.33. The summed E-state index contributed by atoms with van der Waals surface area (Å²) in [6.07, 6.45) is 6.26. The van der Waals surface area contributed by atoms with Gasteiger partial charge >= 0.3 is 5.69 Å². The van der Waals surface area contributed by atoms with Crippen LogP contribution in [0, 0.1) is 17.0 Å². The van der Waals surface area contributed by atoms with E-state index in [4.69, 9.17) is 4.74 Å². The minimum absolute atomic E-state index is 0.0400. The molecule has 0 aromatic heterocycles. The van der Waals surface area contributed by atoms with Crippen LogP contribution in [0.4, 0.5) is 5.69 Å². The molecule has 0 amide bonds. The SMILES string of the molecule is C=C/C(=C\C=NCCC)c1cc(OC)c([N+](=O)[O-])cc1C. The average molecular weight is 288 g/mol. The van der Waals surface area contributed by atoms with Crippen molar-refractivity contribution in [3.05, 3.63) is 52.1 Å². The van der Waals surface area contributed by atoms with Crippen LogP contribution < -0.4 is 4.74 Å². The topological polar surface area (TPSA) is 64.7 Å². The highest BCUT2D eigenvalue weighted by molar-refractivity contribution is 5.89. The molecule has 0 heterocycles. The number of aryl methyl sites for hydroxylation is 1. The third kappa shape index (κ3) is 4.27. The van der Waals surface area contributed by atoms with E-state index in [0.717, 1.165) is 29.7 Å². The van der Waals surface area contributed by atoms with E-state index >= 15 is 0 Å². The fourth-order valence-corrected chi connectivity index (χ4v) is 1.89. The first-order valence-electron chi connectivity index (χ1n) is 6.71. The lowest BCUT2D eigenvalue weighted by molar-refractivity contribution is -0.385. The highest BCUT2D eigenvalue weighted by Crippen LogP contribution is 2.33. The van der Waals surface area contributed by atoms with Crippen molar-refractivity contribution in [1.29, 1.82) is 0 Å². The number of nitrogens with zero attached hydrogens (tertiary/aromatic N) is 2. The summed E-state index contributed by atoms with van der Waals surface area (Å²) in [7, 11) is 1.42. The normalized spacial score (nSPS) is 11.7. The fourth-order valence-electron chi connectivity index (χ4n) is 1.89. The number of hydrogen-bond acceptors (Lipinski definition) is 4. The van der Waals surface area contributed by atoms with Gasteiger partial charge < -0.3 is 4.74 Å². The van der Waals surface area contributed by atoms with Gasteiger partial charge in [0.2, 0.25) is 0 Å². The Hall–Kier alpha value is -2.43. The second kappa shape index (κ2) is 7.99. The summed E-state index contributed by atoms with van der Waals surface area (Å²) in [5, 5.41) is 11.0. The van der Waals surface area contributed by atoms with Gasteiger partial charge in [-0.2, -0.15) is 0 Å². The van der Waals surface area contributed by atoms with Crippen molar-refractivity contribution < 1.29 is 9.66 Å². The number of aliphatic imine (C=N–C) groups is 1. The quantitative estimate of drug-likeness (QED) is 0.330. The van der Waals surface area contributed by atoms with Gasteiger partial charge in [-0.05, 0) is 42.2 Å². The molecule has 0 unspecified atom stereocenters. The van der Waals surface area contributed by atoms with E-state index in [1.807, 2.05) is 13.0 Å². The Morgan fingerprint density at radius 1 is 1.52 bits per heavy atom. The molecule has 0 aliphatic heterocycles. The molecule has 0 radical (unpaired) electrons. The van der Waals surface area contributed by atoms with Crippen LogP contribution >= 0.6 is 0 Å². The van der Waals surface area contributed by atoms with Gasteiger partial charge in [-0.3, -0.25) is 15.1 Å². The van der Waals surface area contributed by atoms with E-state index in [2.05, 4.69) is 18.5 Å². The van der Waals surface area contributed by atoms with Crippen LogP contribution in [0.5, 0.6) is 5.75 Å². The molecule has 0 atom stereocenters. The smallest absolute Gasteiger partial charge is 0.311 e. The number of nitro groups is 1. The molecule has 21 heavy (non-hydrogen) atoms. The van der Waals surface area contributed by atoms with Crippen molar-refractivity contribution in [2.45, 2.75) is 20.3 Å². The van der Waals surface area contributed by atoms with Gasteiger partial charge in [0, 0.05) is 18.8 Å². The van der Waals surface area contributed by atoms with E-state index in [1.54, 1.807) is 18.4 Å². The maximum atomic E-state index is 11.0. The average Bonchev–Trinajstić information content (AvgIpc) is 2.47. The molecular weight excluding hydrogens is 268 g/mol. The highest BCUT2D eigenvalue weighted by Gasteiger charge is 2.17. The molecule has 1 rings (SSSR count). The van der Waals surface area contributed by atoms with Crippen molar-refractivity contribution in [3.8, 4) is 5.75 Å². The van der Waals surface area contributed by atoms with Crippen molar-refractivity contribution in [2.75, 3.05) is 13.7 Å². The van der Waals surface area contributed by atoms with Crippen LogP contribution in [0.3, 0.4) is 0 Å². The molecule has 0 aliphatic rings. The number of nitro benzene ring substituents is 1. The minimum atomic E-state index is -0.449. The number of benzene rings is 1.